The summed E-state index contributed by atoms with van der Waals surface area (Å²) in [4.78, 5) is 12.6. The molecule has 102 valence electrons. The van der Waals surface area contributed by atoms with Crippen LogP contribution in [0.2, 0.25) is 5.15 Å². The summed E-state index contributed by atoms with van der Waals surface area (Å²) >= 11 is 6.03. The molecule has 0 bridgehead atoms. The monoisotopic (exact) mass is 280 g/mol. The third-order valence-electron chi connectivity index (χ3n) is 4.63. The standard InChI is InChI=1S/C13H17ClN4O/c1-7-8(2)10(3-9(7)4-19)18-6-17-11-12(14)15-5-16-13(11)18/h5-10,19H,3-4H2,1-2H3. The van der Waals surface area contributed by atoms with Gasteiger partial charge in [0.25, 0.3) is 0 Å². The largest absolute Gasteiger partial charge is 0.396 e. The molecular formula is C13H17ClN4O. The lowest BCUT2D eigenvalue weighted by atomic mass is 9.92. The molecule has 0 saturated heterocycles. The van der Waals surface area contributed by atoms with Gasteiger partial charge in [-0.15, -0.1) is 0 Å². The average Bonchev–Trinajstić information content (AvgIpc) is 2.94. The minimum atomic E-state index is 0.240. The van der Waals surface area contributed by atoms with Crippen LogP contribution in [0.15, 0.2) is 12.7 Å². The van der Waals surface area contributed by atoms with E-state index in [9.17, 15) is 5.11 Å². The lowest BCUT2D eigenvalue weighted by Crippen LogP contribution is -2.15. The van der Waals surface area contributed by atoms with E-state index in [-0.39, 0.29) is 6.61 Å². The highest BCUT2D eigenvalue weighted by Crippen LogP contribution is 2.44. The third-order valence-corrected chi connectivity index (χ3v) is 4.91. The van der Waals surface area contributed by atoms with Crippen LogP contribution in [0.1, 0.15) is 26.3 Å². The molecule has 0 radical (unpaired) electrons. The first-order chi connectivity index (χ1) is 9.13. The predicted molar refractivity (Wildman–Crippen MR) is 72.9 cm³/mol. The average molecular weight is 281 g/mol. The topological polar surface area (TPSA) is 63.8 Å². The maximum Gasteiger partial charge on any atom is 0.165 e. The summed E-state index contributed by atoms with van der Waals surface area (Å²) in [5.41, 5.74) is 1.43. The third kappa shape index (κ3) is 1.92. The quantitative estimate of drug-likeness (QED) is 0.858. The Morgan fingerprint density at radius 1 is 1.32 bits per heavy atom. The zero-order valence-electron chi connectivity index (χ0n) is 11.0. The maximum atomic E-state index is 9.46. The second-order valence-corrected chi connectivity index (χ2v) is 5.81. The van der Waals surface area contributed by atoms with E-state index in [1.807, 2.05) is 0 Å². The van der Waals surface area contributed by atoms with Crippen molar-refractivity contribution < 1.29 is 5.11 Å². The molecule has 1 saturated carbocycles. The van der Waals surface area contributed by atoms with Gasteiger partial charge in [-0.25, -0.2) is 15.0 Å². The molecule has 3 rings (SSSR count). The minimum absolute atomic E-state index is 0.240. The van der Waals surface area contributed by atoms with Crippen LogP contribution < -0.4 is 0 Å². The normalized spacial score (nSPS) is 31.2. The van der Waals surface area contributed by atoms with Gasteiger partial charge in [-0.2, -0.15) is 0 Å². The van der Waals surface area contributed by atoms with Crippen molar-refractivity contribution in [2.24, 2.45) is 17.8 Å². The van der Waals surface area contributed by atoms with Gasteiger partial charge in [-0.3, -0.25) is 0 Å². The number of imidazole rings is 1. The smallest absolute Gasteiger partial charge is 0.165 e. The highest BCUT2D eigenvalue weighted by Gasteiger charge is 2.39. The van der Waals surface area contributed by atoms with Crippen LogP contribution >= 0.6 is 11.6 Å². The van der Waals surface area contributed by atoms with E-state index in [1.54, 1.807) is 6.33 Å². The van der Waals surface area contributed by atoms with Crippen LogP contribution in [0.5, 0.6) is 0 Å². The molecule has 6 heteroatoms. The van der Waals surface area contributed by atoms with Gasteiger partial charge in [0, 0.05) is 12.6 Å². The molecule has 2 heterocycles. The Kier molecular flexibility index (Phi) is 3.19. The fourth-order valence-corrected chi connectivity index (χ4v) is 3.37. The summed E-state index contributed by atoms with van der Waals surface area (Å²) in [5, 5.41) is 9.85. The van der Waals surface area contributed by atoms with Gasteiger partial charge in [0.15, 0.2) is 10.8 Å². The van der Waals surface area contributed by atoms with Crippen LogP contribution in [0, 0.1) is 17.8 Å². The first-order valence-electron chi connectivity index (χ1n) is 6.57. The Hall–Kier alpha value is -1.20. The van der Waals surface area contributed by atoms with Crippen LogP contribution in [-0.4, -0.2) is 31.2 Å². The highest BCUT2D eigenvalue weighted by molar-refractivity contribution is 6.33. The van der Waals surface area contributed by atoms with E-state index >= 15 is 0 Å². The molecule has 0 spiro atoms. The summed E-state index contributed by atoms with van der Waals surface area (Å²) in [7, 11) is 0. The minimum Gasteiger partial charge on any atom is -0.396 e. The van der Waals surface area contributed by atoms with E-state index < -0.39 is 0 Å². The Bertz CT molecular complexity index is 599. The fraction of sp³-hybridized carbons (Fsp3) is 0.615. The number of aliphatic hydroxyl groups is 1. The second kappa shape index (κ2) is 4.72. The molecule has 0 aliphatic heterocycles. The van der Waals surface area contributed by atoms with Gasteiger partial charge in [-0.05, 0) is 24.2 Å². The lowest BCUT2D eigenvalue weighted by Gasteiger charge is -2.20. The lowest BCUT2D eigenvalue weighted by molar-refractivity contribution is 0.191. The van der Waals surface area contributed by atoms with Crippen LogP contribution in [0.3, 0.4) is 0 Å². The number of halogens is 1. The summed E-state index contributed by atoms with van der Waals surface area (Å²) in [6.07, 6.45) is 4.21. The molecule has 1 N–H and O–H groups in total. The van der Waals surface area contributed by atoms with E-state index in [2.05, 4.69) is 33.4 Å². The maximum absolute atomic E-state index is 9.46. The number of fused-ring (bicyclic) bond motifs is 1. The summed E-state index contributed by atoms with van der Waals surface area (Å²) in [6, 6.07) is 0.308. The van der Waals surface area contributed by atoms with E-state index in [0.717, 1.165) is 12.1 Å². The van der Waals surface area contributed by atoms with Crippen LogP contribution in [0.4, 0.5) is 0 Å². The highest BCUT2D eigenvalue weighted by atomic mass is 35.5. The van der Waals surface area contributed by atoms with Gasteiger partial charge >= 0.3 is 0 Å². The molecule has 1 fully saturated rings. The van der Waals surface area contributed by atoms with E-state index in [0.29, 0.717) is 34.5 Å². The predicted octanol–water partition coefficient (Wildman–Crippen LogP) is 2.31. The summed E-state index contributed by atoms with van der Waals surface area (Å²) in [6.45, 7) is 4.66. The zero-order valence-corrected chi connectivity index (χ0v) is 11.7. The van der Waals surface area contributed by atoms with E-state index in [4.69, 9.17) is 11.6 Å². The van der Waals surface area contributed by atoms with Gasteiger partial charge < -0.3 is 9.67 Å². The molecule has 19 heavy (non-hydrogen) atoms. The van der Waals surface area contributed by atoms with Crippen molar-refractivity contribution in [2.45, 2.75) is 26.3 Å². The molecule has 5 nitrogen and oxygen atoms in total. The fourth-order valence-electron chi connectivity index (χ4n) is 3.19. The molecule has 1 aliphatic rings. The SMILES string of the molecule is CC1C(CO)CC(n2cnc3c(Cl)ncnc32)C1C. The van der Waals surface area contributed by atoms with Gasteiger partial charge in [-0.1, -0.05) is 25.4 Å². The Morgan fingerprint density at radius 2 is 2.11 bits per heavy atom. The molecule has 4 atom stereocenters. The number of hydrogen-bond donors (Lipinski definition) is 1. The molecule has 0 amide bonds. The van der Waals surface area contributed by atoms with Crippen molar-refractivity contribution in [2.75, 3.05) is 6.61 Å². The number of aliphatic hydroxyl groups excluding tert-OH is 1. The first kappa shape index (κ1) is 12.8. The molecule has 4 unspecified atom stereocenters. The van der Waals surface area contributed by atoms with Crippen molar-refractivity contribution in [3.63, 3.8) is 0 Å². The molecule has 2 aromatic heterocycles. The summed E-state index contributed by atoms with van der Waals surface area (Å²) < 4.78 is 2.08. The van der Waals surface area contributed by atoms with Crippen molar-refractivity contribution in [1.82, 2.24) is 19.5 Å². The van der Waals surface area contributed by atoms with Crippen molar-refractivity contribution >= 4 is 22.8 Å². The van der Waals surface area contributed by atoms with Gasteiger partial charge in [0.2, 0.25) is 0 Å². The van der Waals surface area contributed by atoms with Crippen molar-refractivity contribution in [1.29, 1.82) is 0 Å². The van der Waals surface area contributed by atoms with Crippen molar-refractivity contribution in [3.05, 3.63) is 17.8 Å². The molecular weight excluding hydrogens is 264 g/mol. The number of rotatable bonds is 2. The molecule has 2 aromatic rings. The Balaban J connectivity index is 2.04. The number of hydrogen-bond acceptors (Lipinski definition) is 4. The van der Waals surface area contributed by atoms with Gasteiger partial charge in [0.1, 0.15) is 11.8 Å². The van der Waals surface area contributed by atoms with Crippen molar-refractivity contribution in [3.8, 4) is 0 Å². The number of aromatic nitrogens is 4. The van der Waals surface area contributed by atoms with Crippen LogP contribution in [-0.2, 0) is 0 Å². The van der Waals surface area contributed by atoms with Crippen LogP contribution in [0.25, 0.3) is 11.2 Å². The molecule has 1 aliphatic carbocycles. The second-order valence-electron chi connectivity index (χ2n) is 5.45. The Labute approximate surface area is 116 Å². The molecule has 0 aromatic carbocycles. The number of nitrogens with zero attached hydrogens (tertiary/aromatic N) is 4. The van der Waals surface area contributed by atoms with Gasteiger partial charge in [0.05, 0.1) is 6.33 Å². The first-order valence-corrected chi connectivity index (χ1v) is 6.95. The Morgan fingerprint density at radius 3 is 2.79 bits per heavy atom. The zero-order chi connectivity index (χ0) is 13.6. The summed E-state index contributed by atoms with van der Waals surface area (Å²) in [5.74, 6) is 1.31. The van der Waals surface area contributed by atoms with E-state index in [1.165, 1.54) is 6.33 Å².